The number of anilines is 2. The van der Waals surface area contributed by atoms with Crippen molar-refractivity contribution in [2.75, 3.05) is 18.0 Å². The molecule has 21 heavy (non-hydrogen) atoms. The van der Waals surface area contributed by atoms with Crippen molar-refractivity contribution in [1.82, 2.24) is 10.3 Å². The van der Waals surface area contributed by atoms with Crippen LogP contribution in [0.15, 0.2) is 24.3 Å². The molecule has 1 aromatic heterocycles. The van der Waals surface area contributed by atoms with Crippen molar-refractivity contribution in [2.45, 2.75) is 38.6 Å². The van der Waals surface area contributed by atoms with Crippen LogP contribution in [0.3, 0.4) is 0 Å². The van der Waals surface area contributed by atoms with E-state index in [-0.39, 0.29) is 0 Å². The SMILES string of the molecule is CCNC1CCCc2sc(N3CCc4ccccc43)nc21. The van der Waals surface area contributed by atoms with Crippen LogP contribution >= 0.6 is 11.3 Å². The molecule has 110 valence electrons. The molecular formula is C17H21N3S. The van der Waals surface area contributed by atoms with E-state index in [1.165, 1.54) is 46.2 Å². The number of hydrogen-bond acceptors (Lipinski definition) is 4. The number of para-hydroxylation sites is 1. The molecule has 1 aliphatic carbocycles. The summed E-state index contributed by atoms with van der Waals surface area (Å²) in [6, 6.07) is 9.19. The Bertz CT molecular complexity index is 649. The predicted molar refractivity (Wildman–Crippen MR) is 88.6 cm³/mol. The van der Waals surface area contributed by atoms with Crippen molar-refractivity contribution in [3.63, 3.8) is 0 Å². The summed E-state index contributed by atoms with van der Waals surface area (Å²) in [5, 5.41) is 4.78. The highest BCUT2D eigenvalue weighted by molar-refractivity contribution is 7.15. The molecule has 1 N–H and O–H groups in total. The van der Waals surface area contributed by atoms with E-state index >= 15 is 0 Å². The lowest BCUT2D eigenvalue weighted by molar-refractivity contribution is 0.465. The van der Waals surface area contributed by atoms with Gasteiger partial charge in [-0.2, -0.15) is 0 Å². The fourth-order valence-corrected chi connectivity index (χ4v) is 4.71. The van der Waals surface area contributed by atoms with Crippen LogP contribution < -0.4 is 10.2 Å². The average Bonchev–Trinajstić information content (AvgIpc) is 3.11. The maximum atomic E-state index is 5.01. The van der Waals surface area contributed by atoms with Crippen LogP contribution in [-0.4, -0.2) is 18.1 Å². The molecule has 4 heteroatoms. The summed E-state index contributed by atoms with van der Waals surface area (Å²) in [7, 11) is 0. The Morgan fingerprint density at radius 3 is 3.14 bits per heavy atom. The van der Waals surface area contributed by atoms with Crippen molar-refractivity contribution in [1.29, 1.82) is 0 Å². The maximum Gasteiger partial charge on any atom is 0.190 e. The van der Waals surface area contributed by atoms with Gasteiger partial charge in [-0.25, -0.2) is 4.98 Å². The lowest BCUT2D eigenvalue weighted by Gasteiger charge is -2.21. The van der Waals surface area contributed by atoms with Crippen LogP contribution in [0.1, 0.15) is 41.9 Å². The molecule has 0 saturated carbocycles. The summed E-state index contributed by atoms with van der Waals surface area (Å²) < 4.78 is 0. The first-order valence-electron chi connectivity index (χ1n) is 7.95. The first kappa shape index (κ1) is 13.3. The molecule has 4 rings (SSSR count). The highest BCUT2D eigenvalue weighted by Gasteiger charge is 2.28. The van der Waals surface area contributed by atoms with Gasteiger partial charge in [-0.1, -0.05) is 25.1 Å². The summed E-state index contributed by atoms with van der Waals surface area (Å²) in [6.45, 7) is 4.26. The molecule has 0 saturated heterocycles. The van der Waals surface area contributed by atoms with Gasteiger partial charge in [0.15, 0.2) is 5.13 Å². The van der Waals surface area contributed by atoms with Crippen molar-refractivity contribution >= 4 is 22.2 Å². The first-order valence-corrected chi connectivity index (χ1v) is 8.77. The van der Waals surface area contributed by atoms with Gasteiger partial charge < -0.3 is 10.2 Å². The van der Waals surface area contributed by atoms with Crippen LogP contribution in [0.5, 0.6) is 0 Å². The molecule has 3 nitrogen and oxygen atoms in total. The van der Waals surface area contributed by atoms with Gasteiger partial charge in [0.1, 0.15) is 0 Å². The second-order valence-electron chi connectivity index (χ2n) is 5.84. The Balaban J connectivity index is 1.69. The van der Waals surface area contributed by atoms with E-state index in [0.717, 1.165) is 19.5 Å². The molecule has 0 radical (unpaired) electrons. The standard InChI is InChI=1S/C17H21N3S/c1-2-18-13-7-5-9-15-16(13)19-17(21-15)20-11-10-12-6-3-4-8-14(12)20/h3-4,6,8,13,18H,2,5,7,9-11H2,1H3. The second kappa shape index (κ2) is 5.43. The highest BCUT2D eigenvalue weighted by atomic mass is 32.1. The molecule has 2 aromatic rings. The topological polar surface area (TPSA) is 28.2 Å². The molecule has 1 aromatic carbocycles. The molecule has 2 heterocycles. The Morgan fingerprint density at radius 1 is 1.33 bits per heavy atom. The Morgan fingerprint density at radius 2 is 2.24 bits per heavy atom. The minimum absolute atomic E-state index is 0.460. The zero-order chi connectivity index (χ0) is 14.2. The molecule has 1 unspecified atom stereocenters. The van der Waals surface area contributed by atoms with Crippen LogP contribution in [0.4, 0.5) is 10.8 Å². The zero-order valence-electron chi connectivity index (χ0n) is 12.4. The third-order valence-corrected chi connectivity index (χ3v) is 5.67. The van der Waals surface area contributed by atoms with E-state index in [1.54, 1.807) is 0 Å². The van der Waals surface area contributed by atoms with E-state index in [1.807, 2.05) is 11.3 Å². The number of benzene rings is 1. The number of nitrogens with zero attached hydrogens (tertiary/aromatic N) is 2. The Hall–Kier alpha value is -1.39. The summed E-state index contributed by atoms with van der Waals surface area (Å²) >= 11 is 1.90. The van der Waals surface area contributed by atoms with Gasteiger partial charge in [-0.05, 0) is 43.9 Å². The predicted octanol–water partition coefficient (Wildman–Crippen LogP) is 3.82. The average molecular weight is 299 g/mol. The Labute approximate surface area is 130 Å². The van der Waals surface area contributed by atoms with Gasteiger partial charge in [0.25, 0.3) is 0 Å². The maximum absolute atomic E-state index is 5.01. The lowest BCUT2D eigenvalue weighted by Crippen LogP contribution is -2.24. The molecule has 0 amide bonds. The number of thiazole rings is 1. The van der Waals surface area contributed by atoms with Gasteiger partial charge in [0.05, 0.1) is 11.7 Å². The number of nitrogens with one attached hydrogen (secondary N) is 1. The van der Waals surface area contributed by atoms with Crippen molar-refractivity contribution < 1.29 is 0 Å². The fourth-order valence-electron chi connectivity index (χ4n) is 3.50. The molecule has 2 aliphatic rings. The second-order valence-corrected chi connectivity index (χ2v) is 6.90. The van der Waals surface area contributed by atoms with Crippen LogP contribution in [0.2, 0.25) is 0 Å². The van der Waals surface area contributed by atoms with Gasteiger partial charge in [0, 0.05) is 17.1 Å². The van der Waals surface area contributed by atoms with E-state index in [9.17, 15) is 0 Å². The number of rotatable bonds is 3. The molecule has 0 bridgehead atoms. The quantitative estimate of drug-likeness (QED) is 0.933. The Kier molecular flexibility index (Phi) is 3.43. The van der Waals surface area contributed by atoms with Crippen LogP contribution in [0.25, 0.3) is 0 Å². The van der Waals surface area contributed by atoms with Gasteiger partial charge in [0.2, 0.25) is 0 Å². The number of aryl methyl sites for hydroxylation is 1. The highest BCUT2D eigenvalue weighted by Crippen LogP contribution is 2.41. The molecule has 0 spiro atoms. The van der Waals surface area contributed by atoms with Gasteiger partial charge in [-0.3, -0.25) is 0 Å². The first-order chi connectivity index (χ1) is 10.4. The summed E-state index contributed by atoms with van der Waals surface area (Å²) in [5.74, 6) is 0. The monoisotopic (exact) mass is 299 g/mol. The van der Waals surface area contributed by atoms with Gasteiger partial charge >= 0.3 is 0 Å². The van der Waals surface area contributed by atoms with Crippen molar-refractivity contribution in [3.8, 4) is 0 Å². The third kappa shape index (κ3) is 2.27. The van der Waals surface area contributed by atoms with Crippen molar-refractivity contribution in [2.24, 2.45) is 0 Å². The number of hydrogen-bond donors (Lipinski definition) is 1. The largest absolute Gasteiger partial charge is 0.317 e. The van der Waals surface area contributed by atoms with Gasteiger partial charge in [-0.15, -0.1) is 11.3 Å². The molecule has 1 atom stereocenters. The van der Waals surface area contributed by atoms with Crippen molar-refractivity contribution in [3.05, 3.63) is 40.4 Å². The molecular weight excluding hydrogens is 278 g/mol. The van der Waals surface area contributed by atoms with Crippen LogP contribution in [0, 0.1) is 0 Å². The number of aromatic nitrogens is 1. The minimum Gasteiger partial charge on any atom is -0.317 e. The molecule has 0 fully saturated rings. The normalized spacial score (nSPS) is 20.4. The van der Waals surface area contributed by atoms with E-state index < -0.39 is 0 Å². The number of fused-ring (bicyclic) bond motifs is 2. The van der Waals surface area contributed by atoms with Crippen LogP contribution in [-0.2, 0) is 12.8 Å². The zero-order valence-corrected chi connectivity index (χ0v) is 13.2. The van der Waals surface area contributed by atoms with E-state index in [2.05, 4.69) is 41.4 Å². The lowest BCUT2D eigenvalue weighted by atomic mass is 9.98. The minimum atomic E-state index is 0.460. The third-order valence-electron chi connectivity index (χ3n) is 4.51. The summed E-state index contributed by atoms with van der Waals surface area (Å²) in [4.78, 5) is 8.91. The fraction of sp³-hybridized carbons (Fsp3) is 0.471. The summed E-state index contributed by atoms with van der Waals surface area (Å²) in [5.41, 5.74) is 4.12. The summed E-state index contributed by atoms with van der Waals surface area (Å²) in [6.07, 6.45) is 4.84. The smallest absolute Gasteiger partial charge is 0.190 e. The van der Waals surface area contributed by atoms with E-state index in [4.69, 9.17) is 4.98 Å². The molecule has 1 aliphatic heterocycles. The van der Waals surface area contributed by atoms with E-state index in [0.29, 0.717) is 6.04 Å².